The minimum absolute atomic E-state index is 0.0267. The van der Waals surface area contributed by atoms with Gasteiger partial charge in [-0.3, -0.25) is 18.8 Å². The second-order valence-electron chi connectivity index (χ2n) is 8.46. The number of amidine groups is 1. The van der Waals surface area contributed by atoms with Gasteiger partial charge in [0, 0.05) is 21.2 Å². The Morgan fingerprint density at radius 3 is 2.10 bits per heavy atom. The number of hydrogen-bond acceptors (Lipinski definition) is 7. The van der Waals surface area contributed by atoms with Crippen molar-refractivity contribution in [2.75, 3.05) is 11.2 Å². The second-order valence-corrected chi connectivity index (χ2v) is 12.1. The number of benzene rings is 4. The van der Waals surface area contributed by atoms with E-state index in [0.29, 0.717) is 11.1 Å². The lowest BCUT2D eigenvalue weighted by molar-refractivity contribution is -0.113. The zero-order valence-electron chi connectivity index (χ0n) is 20.2. The molecule has 0 aliphatic carbocycles. The summed E-state index contributed by atoms with van der Waals surface area (Å²) in [5, 5.41) is -0.346. The Balaban J connectivity index is 1.77. The van der Waals surface area contributed by atoms with Gasteiger partial charge >= 0.3 is 0 Å². The average molecular weight is 581 g/mol. The molecule has 39 heavy (non-hydrogen) atoms. The molecule has 0 radical (unpaired) electrons. The molecule has 0 fully saturated rings. The number of amides is 1. The van der Waals surface area contributed by atoms with E-state index in [1.807, 2.05) is 30.5 Å². The van der Waals surface area contributed by atoms with Crippen molar-refractivity contribution in [1.29, 1.82) is 0 Å². The lowest BCUT2D eigenvalue weighted by Gasteiger charge is -2.22. The normalized spacial score (nSPS) is 15.3. The molecule has 4 aromatic rings. The summed E-state index contributed by atoms with van der Waals surface area (Å²) in [7, 11) is -9.75. The number of carbonyl (C=O) groups excluding carboxylic acids is 1. The van der Waals surface area contributed by atoms with E-state index >= 15 is 0 Å². The molecule has 0 saturated heterocycles. The maximum absolute atomic E-state index is 13.8. The first kappa shape index (κ1) is 26.8. The number of fused-ring (bicyclic) bond motifs is 1. The molecule has 12 heteroatoms. The van der Waals surface area contributed by atoms with Crippen molar-refractivity contribution >= 4 is 66.3 Å². The Hall–Kier alpha value is -3.81. The van der Waals surface area contributed by atoms with E-state index in [2.05, 4.69) is 4.99 Å². The maximum Gasteiger partial charge on any atom is 0.297 e. The van der Waals surface area contributed by atoms with Crippen LogP contribution in [-0.2, 0) is 25.0 Å². The predicted octanol–water partition coefficient (Wildman–Crippen LogP) is 4.89. The van der Waals surface area contributed by atoms with Crippen LogP contribution in [0.25, 0.3) is 16.8 Å². The lowest BCUT2D eigenvalue weighted by Crippen LogP contribution is -2.34. The van der Waals surface area contributed by atoms with Gasteiger partial charge in [0.15, 0.2) is 0 Å². The van der Waals surface area contributed by atoms with Gasteiger partial charge in [0.05, 0.1) is 5.69 Å². The molecule has 0 spiro atoms. The molecular weight excluding hydrogens is 561 g/mol. The third kappa shape index (κ3) is 5.12. The molecule has 1 aliphatic heterocycles. The van der Waals surface area contributed by atoms with Crippen LogP contribution in [0.5, 0.6) is 0 Å². The van der Waals surface area contributed by atoms with Crippen LogP contribution < -0.4 is 4.90 Å². The SMILES string of the molecule is CSc1ccc(C=C2N=C(c3ccccc3)N(c3ccc4c(S(=O)(=O)O)cccc4c3S(=O)(=O)O)C2=O)cc1. The smallest absolute Gasteiger partial charge is 0.282 e. The Morgan fingerprint density at radius 2 is 1.49 bits per heavy atom. The van der Waals surface area contributed by atoms with Crippen LogP contribution in [0.15, 0.2) is 110 Å². The predicted molar refractivity (Wildman–Crippen MR) is 150 cm³/mol. The van der Waals surface area contributed by atoms with Crippen molar-refractivity contribution in [1.82, 2.24) is 0 Å². The van der Waals surface area contributed by atoms with Gasteiger partial charge in [-0.15, -0.1) is 11.8 Å². The second kappa shape index (κ2) is 10.1. The van der Waals surface area contributed by atoms with Crippen LogP contribution in [-0.4, -0.2) is 43.9 Å². The van der Waals surface area contributed by atoms with Gasteiger partial charge in [0.25, 0.3) is 26.1 Å². The topological polar surface area (TPSA) is 141 Å². The first-order valence-electron chi connectivity index (χ1n) is 11.3. The molecule has 1 amide bonds. The van der Waals surface area contributed by atoms with Crippen LogP contribution >= 0.6 is 11.8 Å². The summed E-state index contributed by atoms with van der Waals surface area (Å²) < 4.78 is 69.3. The fourth-order valence-corrected chi connectivity index (χ4v) is 6.34. The van der Waals surface area contributed by atoms with Crippen LogP contribution in [0, 0.1) is 0 Å². The highest BCUT2D eigenvalue weighted by atomic mass is 32.2. The summed E-state index contributed by atoms with van der Waals surface area (Å²) in [6.45, 7) is 0. The van der Waals surface area contributed by atoms with Gasteiger partial charge in [-0.2, -0.15) is 16.8 Å². The number of hydrogen-bond donors (Lipinski definition) is 2. The van der Waals surface area contributed by atoms with E-state index < -0.39 is 35.9 Å². The molecular formula is C27H20N2O7S3. The van der Waals surface area contributed by atoms with Gasteiger partial charge in [-0.25, -0.2) is 4.99 Å². The van der Waals surface area contributed by atoms with Crippen molar-refractivity contribution in [3.05, 3.63) is 102 Å². The number of rotatable bonds is 6. The van der Waals surface area contributed by atoms with Crippen molar-refractivity contribution in [2.24, 2.45) is 4.99 Å². The molecule has 198 valence electrons. The quantitative estimate of drug-likeness (QED) is 0.187. The summed E-state index contributed by atoms with van der Waals surface area (Å²) in [4.78, 5) is 19.2. The molecule has 0 atom stereocenters. The molecule has 0 saturated carbocycles. The van der Waals surface area contributed by atoms with Crippen molar-refractivity contribution in [3.8, 4) is 0 Å². The number of nitrogens with zero attached hydrogens (tertiary/aromatic N) is 2. The molecule has 0 unspecified atom stereocenters. The molecule has 0 aromatic heterocycles. The van der Waals surface area contributed by atoms with E-state index in [1.54, 1.807) is 48.2 Å². The van der Waals surface area contributed by atoms with Gasteiger partial charge in [0.2, 0.25) is 0 Å². The summed E-state index contributed by atoms with van der Waals surface area (Å²) in [5.41, 5.74) is 0.991. The first-order valence-corrected chi connectivity index (χ1v) is 15.4. The monoisotopic (exact) mass is 580 g/mol. The zero-order chi connectivity index (χ0) is 27.9. The molecule has 1 heterocycles. The fraction of sp³-hybridized carbons (Fsp3) is 0.0370. The molecule has 1 aliphatic rings. The van der Waals surface area contributed by atoms with Crippen LogP contribution in [0.1, 0.15) is 11.1 Å². The summed E-state index contributed by atoms with van der Waals surface area (Å²) >= 11 is 1.57. The van der Waals surface area contributed by atoms with Crippen molar-refractivity contribution < 1.29 is 30.7 Å². The highest BCUT2D eigenvalue weighted by Gasteiger charge is 2.37. The lowest BCUT2D eigenvalue weighted by atomic mass is 10.1. The van der Waals surface area contributed by atoms with Gasteiger partial charge in [0.1, 0.15) is 21.3 Å². The minimum Gasteiger partial charge on any atom is -0.282 e. The van der Waals surface area contributed by atoms with E-state index in [9.17, 15) is 30.7 Å². The highest BCUT2D eigenvalue weighted by Crippen LogP contribution is 2.38. The fourth-order valence-electron chi connectivity index (χ4n) is 4.34. The van der Waals surface area contributed by atoms with Gasteiger partial charge in [-0.05, 0) is 42.2 Å². The zero-order valence-corrected chi connectivity index (χ0v) is 22.7. The van der Waals surface area contributed by atoms with Gasteiger partial charge in [-0.1, -0.05) is 60.7 Å². The number of aliphatic imine (C=N–C) groups is 1. The Kier molecular flexibility index (Phi) is 6.91. The molecule has 9 nitrogen and oxygen atoms in total. The van der Waals surface area contributed by atoms with Crippen molar-refractivity contribution in [2.45, 2.75) is 14.7 Å². The number of carbonyl (C=O) groups is 1. The third-order valence-corrected chi connectivity index (χ3v) is 8.64. The standard InChI is InChI=1S/C27H20N2O7S3/c1-37-19-12-10-17(11-13-19)16-22-27(30)29(26(28-22)18-6-3-2-4-7-18)23-15-14-20-21(25(23)39(34,35)36)8-5-9-24(20)38(31,32)33/h2-16H,1H3,(H,31,32,33)(H,34,35,36). The van der Waals surface area contributed by atoms with E-state index in [0.717, 1.165) is 15.9 Å². The molecule has 4 aromatic carbocycles. The van der Waals surface area contributed by atoms with E-state index in [4.69, 9.17) is 0 Å². The maximum atomic E-state index is 13.8. The first-order chi connectivity index (χ1) is 18.5. The molecule has 5 rings (SSSR count). The summed E-state index contributed by atoms with van der Waals surface area (Å²) in [5.74, 6) is -0.541. The largest absolute Gasteiger partial charge is 0.297 e. The molecule has 2 N–H and O–H groups in total. The molecule has 0 bridgehead atoms. The number of anilines is 1. The van der Waals surface area contributed by atoms with Crippen LogP contribution in [0.2, 0.25) is 0 Å². The Labute approximate surface area is 229 Å². The summed E-state index contributed by atoms with van der Waals surface area (Å²) in [6, 6.07) is 22.1. The summed E-state index contributed by atoms with van der Waals surface area (Å²) in [6.07, 6.45) is 3.51. The van der Waals surface area contributed by atoms with E-state index in [-0.39, 0.29) is 28.0 Å². The van der Waals surface area contributed by atoms with Gasteiger partial charge < -0.3 is 0 Å². The highest BCUT2D eigenvalue weighted by molar-refractivity contribution is 7.98. The van der Waals surface area contributed by atoms with Crippen LogP contribution in [0.3, 0.4) is 0 Å². The number of thioether (sulfide) groups is 1. The Bertz CT molecular complexity index is 1900. The van der Waals surface area contributed by atoms with Crippen LogP contribution in [0.4, 0.5) is 5.69 Å². The minimum atomic E-state index is -5.02. The average Bonchev–Trinajstić information content (AvgIpc) is 3.22. The van der Waals surface area contributed by atoms with E-state index in [1.165, 1.54) is 24.3 Å². The van der Waals surface area contributed by atoms with Crippen molar-refractivity contribution in [3.63, 3.8) is 0 Å². The third-order valence-electron chi connectivity index (χ3n) is 6.04. The Morgan fingerprint density at radius 1 is 0.795 bits per heavy atom.